The summed E-state index contributed by atoms with van der Waals surface area (Å²) in [4.78, 5) is 23.9. The maximum Gasteiger partial charge on any atom is 0.240 e. The minimum absolute atomic E-state index is 0.132. The molecule has 33 heavy (non-hydrogen) atoms. The van der Waals surface area contributed by atoms with Crippen LogP contribution in [0, 0.1) is 0 Å². The van der Waals surface area contributed by atoms with Gasteiger partial charge in [0, 0.05) is 24.0 Å². The lowest BCUT2D eigenvalue weighted by atomic mass is 10.2. The maximum atomic E-state index is 12.0. The summed E-state index contributed by atoms with van der Waals surface area (Å²) in [6, 6.07) is 10.7. The van der Waals surface area contributed by atoms with E-state index in [1.807, 2.05) is 0 Å². The molecule has 2 aromatic carbocycles. The van der Waals surface area contributed by atoms with E-state index in [4.69, 9.17) is 18.9 Å². The summed E-state index contributed by atoms with van der Waals surface area (Å²) in [5, 5.41) is 7.86. The van der Waals surface area contributed by atoms with Gasteiger partial charge in [-0.25, -0.2) is 10.9 Å². The molecule has 0 saturated heterocycles. The van der Waals surface area contributed by atoms with Crippen molar-refractivity contribution in [3.05, 3.63) is 47.5 Å². The number of hydrazone groups is 2. The molecule has 0 heterocycles. The highest BCUT2D eigenvalue weighted by atomic mass is 16.5. The topological polar surface area (TPSA) is 120 Å². The normalized spacial score (nSPS) is 10.8. The molecule has 0 saturated carbocycles. The van der Waals surface area contributed by atoms with Crippen molar-refractivity contribution in [3.63, 3.8) is 0 Å². The van der Waals surface area contributed by atoms with E-state index in [0.29, 0.717) is 40.5 Å². The van der Waals surface area contributed by atoms with Gasteiger partial charge in [-0.15, -0.1) is 0 Å². The Labute approximate surface area is 192 Å². The first kappa shape index (κ1) is 25.2. The van der Waals surface area contributed by atoms with Crippen LogP contribution in [0.5, 0.6) is 23.0 Å². The Balaban J connectivity index is 1.76. The molecule has 176 valence electrons. The van der Waals surface area contributed by atoms with Crippen molar-refractivity contribution in [1.82, 2.24) is 10.9 Å². The number of carbonyl (C=O) groups is 2. The lowest BCUT2D eigenvalue weighted by Gasteiger charge is -2.09. The molecule has 2 aromatic rings. The van der Waals surface area contributed by atoms with E-state index in [-0.39, 0.29) is 24.7 Å². The first-order valence-corrected chi connectivity index (χ1v) is 10.1. The van der Waals surface area contributed by atoms with Gasteiger partial charge in [0.05, 0.1) is 40.9 Å². The van der Waals surface area contributed by atoms with E-state index in [1.54, 1.807) is 36.4 Å². The first-order chi connectivity index (χ1) is 16.0. The molecule has 10 heteroatoms. The van der Waals surface area contributed by atoms with Crippen molar-refractivity contribution < 1.29 is 28.5 Å². The van der Waals surface area contributed by atoms with Gasteiger partial charge in [0.15, 0.2) is 23.0 Å². The largest absolute Gasteiger partial charge is 0.493 e. The Morgan fingerprint density at radius 1 is 0.727 bits per heavy atom. The maximum absolute atomic E-state index is 12.0. The third-order valence-corrected chi connectivity index (χ3v) is 4.46. The second kappa shape index (κ2) is 13.4. The van der Waals surface area contributed by atoms with Gasteiger partial charge in [0.1, 0.15) is 0 Å². The molecule has 10 nitrogen and oxygen atoms in total. The summed E-state index contributed by atoms with van der Waals surface area (Å²) >= 11 is 0. The third-order valence-electron chi connectivity index (χ3n) is 4.46. The standard InChI is InChI=1S/C23H28N4O6/c1-30-18-10-5-8-16(22(18)32-3)14-24-26-20(28)12-7-13-21(29)27-25-15-17-9-6-11-19(31-2)23(17)33-4/h5-6,8-11,14-15H,7,12-13H2,1-4H3,(H,26,28)(H,27,29)/b24-14+,25-15?. The van der Waals surface area contributed by atoms with Crippen molar-refractivity contribution in [3.8, 4) is 23.0 Å². The smallest absolute Gasteiger partial charge is 0.240 e. The minimum atomic E-state index is -0.314. The molecule has 0 radical (unpaired) electrons. The monoisotopic (exact) mass is 456 g/mol. The summed E-state index contributed by atoms with van der Waals surface area (Å²) in [6.45, 7) is 0. The van der Waals surface area contributed by atoms with Crippen molar-refractivity contribution in [2.24, 2.45) is 10.2 Å². The zero-order valence-electron chi connectivity index (χ0n) is 19.1. The Hall–Kier alpha value is -4.08. The minimum Gasteiger partial charge on any atom is -0.493 e. The predicted octanol–water partition coefficient (Wildman–Crippen LogP) is 2.49. The van der Waals surface area contributed by atoms with Crippen molar-refractivity contribution in [2.45, 2.75) is 19.3 Å². The molecule has 0 aromatic heterocycles. The lowest BCUT2D eigenvalue weighted by Crippen LogP contribution is -2.20. The van der Waals surface area contributed by atoms with E-state index in [0.717, 1.165) is 0 Å². The van der Waals surface area contributed by atoms with Gasteiger partial charge in [-0.2, -0.15) is 10.2 Å². The number of ether oxygens (including phenoxy) is 4. The lowest BCUT2D eigenvalue weighted by molar-refractivity contribution is -0.122. The van der Waals surface area contributed by atoms with Crippen molar-refractivity contribution >= 4 is 24.2 Å². The van der Waals surface area contributed by atoms with Gasteiger partial charge < -0.3 is 18.9 Å². The van der Waals surface area contributed by atoms with Crippen LogP contribution in [0.1, 0.15) is 30.4 Å². The number of methoxy groups -OCH3 is 4. The van der Waals surface area contributed by atoms with Gasteiger partial charge >= 0.3 is 0 Å². The summed E-state index contributed by atoms with van der Waals surface area (Å²) in [5.74, 6) is 1.53. The number of rotatable bonds is 12. The Bertz CT molecular complexity index is 927. The van der Waals surface area contributed by atoms with Crippen LogP contribution in [0.15, 0.2) is 46.6 Å². The molecular weight excluding hydrogens is 428 g/mol. The molecule has 0 aliphatic carbocycles. The number of nitrogens with one attached hydrogen (secondary N) is 2. The highest BCUT2D eigenvalue weighted by molar-refractivity contribution is 5.87. The predicted molar refractivity (Wildman–Crippen MR) is 124 cm³/mol. The zero-order valence-corrected chi connectivity index (χ0v) is 19.1. The van der Waals surface area contributed by atoms with Crippen LogP contribution in [0.2, 0.25) is 0 Å². The van der Waals surface area contributed by atoms with E-state index in [9.17, 15) is 9.59 Å². The Morgan fingerprint density at radius 3 is 1.52 bits per heavy atom. The molecule has 0 aliphatic heterocycles. The number of nitrogens with zero attached hydrogens (tertiary/aromatic N) is 2. The molecule has 2 N–H and O–H groups in total. The Morgan fingerprint density at radius 2 is 1.15 bits per heavy atom. The molecule has 0 aliphatic rings. The highest BCUT2D eigenvalue weighted by Crippen LogP contribution is 2.30. The van der Waals surface area contributed by atoms with E-state index in [1.165, 1.54) is 40.9 Å². The number of amides is 2. The molecule has 0 spiro atoms. The van der Waals surface area contributed by atoms with Crippen molar-refractivity contribution in [1.29, 1.82) is 0 Å². The van der Waals surface area contributed by atoms with Gasteiger partial charge in [-0.1, -0.05) is 12.1 Å². The van der Waals surface area contributed by atoms with Crippen LogP contribution >= 0.6 is 0 Å². The van der Waals surface area contributed by atoms with Crippen LogP contribution in [-0.2, 0) is 9.59 Å². The first-order valence-electron chi connectivity index (χ1n) is 10.1. The quantitative estimate of drug-likeness (QED) is 0.374. The van der Waals surface area contributed by atoms with E-state index < -0.39 is 0 Å². The summed E-state index contributed by atoms with van der Waals surface area (Å²) in [5.41, 5.74) is 6.17. The number of hydrogen-bond donors (Lipinski definition) is 2. The Kier molecular flexibility index (Phi) is 10.2. The fourth-order valence-corrected chi connectivity index (χ4v) is 2.90. The van der Waals surface area contributed by atoms with E-state index in [2.05, 4.69) is 21.1 Å². The van der Waals surface area contributed by atoms with Gasteiger partial charge in [0.25, 0.3) is 0 Å². The van der Waals surface area contributed by atoms with Crippen LogP contribution < -0.4 is 29.8 Å². The molecule has 0 bridgehead atoms. The number of benzene rings is 2. The second-order valence-corrected chi connectivity index (χ2v) is 6.61. The average molecular weight is 456 g/mol. The van der Waals surface area contributed by atoms with Crippen LogP contribution in [0.25, 0.3) is 0 Å². The molecule has 2 rings (SSSR count). The van der Waals surface area contributed by atoms with Gasteiger partial charge in [0.2, 0.25) is 11.8 Å². The second-order valence-electron chi connectivity index (χ2n) is 6.61. The van der Waals surface area contributed by atoms with Crippen LogP contribution in [-0.4, -0.2) is 52.7 Å². The van der Waals surface area contributed by atoms with Gasteiger partial charge in [-0.3, -0.25) is 9.59 Å². The molecular formula is C23H28N4O6. The fourth-order valence-electron chi connectivity index (χ4n) is 2.90. The highest BCUT2D eigenvalue weighted by Gasteiger charge is 2.09. The summed E-state index contributed by atoms with van der Waals surface area (Å²) in [7, 11) is 6.13. The molecule has 0 fully saturated rings. The SMILES string of the molecule is COc1cccc(C=NNC(=O)CCCC(=O)N/N=C/c2cccc(OC)c2OC)c1OC. The zero-order chi connectivity index (χ0) is 24.1. The van der Waals surface area contributed by atoms with Crippen LogP contribution in [0.3, 0.4) is 0 Å². The molecule has 0 unspecified atom stereocenters. The van der Waals surface area contributed by atoms with Crippen LogP contribution in [0.4, 0.5) is 0 Å². The number of carbonyl (C=O) groups excluding carboxylic acids is 2. The average Bonchev–Trinajstić information content (AvgIpc) is 2.83. The fraction of sp³-hybridized carbons (Fsp3) is 0.304. The molecule has 0 atom stereocenters. The van der Waals surface area contributed by atoms with Gasteiger partial charge in [-0.05, 0) is 30.7 Å². The molecule has 2 amide bonds. The number of hydrogen-bond acceptors (Lipinski definition) is 8. The third kappa shape index (κ3) is 7.53. The summed E-state index contributed by atoms with van der Waals surface area (Å²) < 4.78 is 21.0. The van der Waals surface area contributed by atoms with E-state index >= 15 is 0 Å². The number of para-hydroxylation sites is 2. The summed E-state index contributed by atoms with van der Waals surface area (Å²) in [6.07, 6.45) is 3.54. The van der Waals surface area contributed by atoms with Crippen molar-refractivity contribution in [2.75, 3.05) is 28.4 Å².